The van der Waals surface area contributed by atoms with Crippen LogP contribution in [0.2, 0.25) is 0 Å². The Morgan fingerprint density at radius 3 is 2.89 bits per heavy atom. The third-order valence-electron chi connectivity index (χ3n) is 4.01. The SMILES string of the molecule is O=C1COc2ccc(CC3(CO)CCC3)cc2N1. The summed E-state index contributed by atoms with van der Waals surface area (Å²) in [6, 6.07) is 5.88. The second kappa shape index (κ2) is 4.28. The van der Waals surface area contributed by atoms with Gasteiger partial charge >= 0.3 is 0 Å². The Hall–Kier alpha value is -1.55. The molecule has 0 radical (unpaired) electrons. The van der Waals surface area contributed by atoms with Crippen LogP contribution in [0.1, 0.15) is 24.8 Å². The van der Waals surface area contributed by atoms with Gasteiger partial charge in [-0.05, 0) is 42.4 Å². The molecule has 1 aromatic rings. The van der Waals surface area contributed by atoms with Gasteiger partial charge in [0.1, 0.15) is 5.75 Å². The third kappa shape index (κ3) is 1.97. The summed E-state index contributed by atoms with van der Waals surface area (Å²) in [7, 11) is 0. The van der Waals surface area contributed by atoms with E-state index in [2.05, 4.69) is 5.32 Å². The number of hydrogen-bond acceptors (Lipinski definition) is 3. The van der Waals surface area contributed by atoms with E-state index in [1.54, 1.807) is 0 Å². The summed E-state index contributed by atoms with van der Waals surface area (Å²) in [6.07, 6.45) is 4.24. The van der Waals surface area contributed by atoms with Gasteiger partial charge in [0.25, 0.3) is 5.91 Å². The topological polar surface area (TPSA) is 58.6 Å². The first kappa shape index (κ1) is 11.5. The molecule has 0 spiro atoms. The molecule has 1 heterocycles. The largest absolute Gasteiger partial charge is 0.482 e. The third-order valence-corrected chi connectivity index (χ3v) is 4.01. The first-order valence-electron chi connectivity index (χ1n) is 6.37. The minimum absolute atomic E-state index is 0.0633. The Kier molecular flexibility index (Phi) is 2.74. The highest BCUT2D eigenvalue weighted by atomic mass is 16.5. The molecule has 2 aliphatic rings. The Morgan fingerprint density at radius 1 is 1.39 bits per heavy atom. The van der Waals surface area contributed by atoms with Crippen LogP contribution in [-0.2, 0) is 11.2 Å². The average molecular weight is 247 g/mol. The van der Waals surface area contributed by atoms with Gasteiger partial charge in [-0.3, -0.25) is 4.79 Å². The highest BCUT2D eigenvalue weighted by Crippen LogP contribution is 2.44. The van der Waals surface area contributed by atoms with Gasteiger partial charge < -0.3 is 15.2 Å². The van der Waals surface area contributed by atoms with Crippen LogP contribution in [-0.4, -0.2) is 24.2 Å². The molecule has 0 saturated heterocycles. The lowest BCUT2D eigenvalue weighted by Gasteiger charge is -2.40. The van der Waals surface area contributed by atoms with Gasteiger partial charge in [-0.25, -0.2) is 0 Å². The second-order valence-electron chi connectivity index (χ2n) is 5.36. The summed E-state index contributed by atoms with van der Waals surface area (Å²) in [5.74, 6) is 0.616. The fourth-order valence-corrected chi connectivity index (χ4v) is 2.74. The number of rotatable bonds is 3. The molecule has 1 fully saturated rings. The van der Waals surface area contributed by atoms with E-state index in [1.807, 2.05) is 18.2 Å². The predicted molar refractivity (Wildman–Crippen MR) is 67.6 cm³/mol. The number of aliphatic hydroxyl groups excluding tert-OH is 1. The number of carbonyl (C=O) groups is 1. The Bertz CT molecular complexity index is 474. The second-order valence-corrected chi connectivity index (χ2v) is 5.36. The molecule has 96 valence electrons. The fourth-order valence-electron chi connectivity index (χ4n) is 2.74. The molecule has 1 saturated carbocycles. The quantitative estimate of drug-likeness (QED) is 0.855. The van der Waals surface area contributed by atoms with Gasteiger partial charge in [-0.2, -0.15) is 0 Å². The molecule has 0 atom stereocenters. The molecule has 18 heavy (non-hydrogen) atoms. The maximum Gasteiger partial charge on any atom is 0.262 e. The normalized spacial score (nSPS) is 20.4. The maximum absolute atomic E-state index is 11.3. The zero-order valence-corrected chi connectivity index (χ0v) is 10.2. The zero-order chi connectivity index (χ0) is 12.6. The van der Waals surface area contributed by atoms with Crippen molar-refractivity contribution in [1.29, 1.82) is 0 Å². The van der Waals surface area contributed by atoms with Crippen LogP contribution in [0.3, 0.4) is 0 Å². The van der Waals surface area contributed by atoms with E-state index in [9.17, 15) is 9.90 Å². The minimum Gasteiger partial charge on any atom is -0.482 e. The van der Waals surface area contributed by atoms with Crippen LogP contribution >= 0.6 is 0 Å². The molecule has 1 aromatic carbocycles. The van der Waals surface area contributed by atoms with Gasteiger partial charge in [-0.1, -0.05) is 12.5 Å². The molecule has 0 bridgehead atoms. The Balaban J connectivity index is 1.81. The average Bonchev–Trinajstić information content (AvgIpc) is 2.33. The van der Waals surface area contributed by atoms with Crippen molar-refractivity contribution < 1.29 is 14.6 Å². The molecular weight excluding hydrogens is 230 g/mol. The number of amides is 1. The monoisotopic (exact) mass is 247 g/mol. The van der Waals surface area contributed by atoms with Crippen molar-refractivity contribution in [2.24, 2.45) is 5.41 Å². The van der Waals surface area contributed by atoms with Crippen molar-refractivity contribution >= 4 is 11.6 Å². The number of fused-ring (bicyclic) bond motifs is 1. The summed E-state index contributed by atoms with van der Waals surface area (Å²) < 4.78 is 5.33. The smallest absolute Gasteiger partial charge is 0.262 e. The van der Waals surface area contributed by atoms with Crippen LogP contribution in [0.15, 0.2) is 18.2 Å². The summed E-state index contributed by atoms with van der Waals surface area (Å²) >= 11 is 0. The molecule has 4 heteroatoms. The molecule has 4 nitrogen and oxygen atoms in total. The van der Waals surface area contributed by atoms with Gasteiger partial charge in [0.2, 0.25) is 0 Å². The van der Waals surface area contributed by atoms with Crippen LogP contribution in [0, 0.1) is 5.41 Å². The van der Waals surface area contributed by atoms with Gasteiger partial charge in [-0.15, -0.1) is 0 Å². The molecular formula is C14H17NO3. The van der Waals surface area contributed by atoms with E-state index in [0.717, 1.165) is 36.3 Å². The summed E-state index contributed by atoms with van der Waals surface area (Å²) in [4.78, 5) is 11.3. The van der Waals surface area contributed by atoms with Crippen LogP contribution < -0.4 is 10.1 Å². The molecule has 0 unspecified atom stereocenters. The van der Waals surface area contributed by atoms with Crippen molar-refractivity contribution in [3.05, 3.63) is 23.8 Å². The molecule has 1 aliphatic heterocycles. The number of nitrogens with one attached hydrogen (secondary N) is 1. The fraction of sp³-hybridized carbons (Fsp3) is 0.500. The first-order valence-corrected chi connectivity index (χ1v) is 6.37. The van der Waals surface area contributed by atoms with E-state index < -0.39 is 0 Å². The van der Waals surface area contributed by atoms with E-state index in [1.165, 1.54) is 6.42 Å². The minimum atomic E-state index is -0.111. The van der Waals surface area contributed by atoms with Crippen molar-refractivity contribution in [2.45, 2.75) is 25.7 Å². The summed E-state index contributed by atoms with van der Waals surface area (Å²) in [5.41, 5.74) is 1.96. The number of carbonyl (C=O) groups excluding carboxylic acids is 1. The predicted octanol–water partition coefficient (Wildman–Crippen LogP) is 1.72. The van der Waals surface area contributed by atoms with E-state index in [-0.39, 0.29) is 24.5 Å². The lowest BCUT2D eigenvalue weighted by Crippen LogP contribution is -2.35. The van der Waals surface area contributed by atoms with Gasteiger partial charge in [0.15, 0.2) is 6.61 Å². The van der Waals surface area contributed by atoms with E-state index in [0.29, 0.717) is 0 Å². The first-order chi connectivity index (χ1) is 8.71. The summed E-state index contributed by atoms with van der Waals surface area (Å²) in [5, 5.41) is 12.3. The van der Waals surface area contributed by atoms with Crippen LogP contribution in [0.25, 0.3) is 0 Å². The maximum atomic E-state index is 11.3. The lowest BCUT2D eigenvalue weighted by atomic mass is 9.66. The molecule has 1 aliphatic carbocycles. The van der Waals surface area contributed by atoms with Crippen molar-refractivity contribution in [2.75, 3.05) is 18.5 Å². The van der Waals surface area contributed by atoms with E-state index >= 15 is 0 Å². The van der Waals surface area contributed by atoms with E-state index in [4.69, 9.17) is 4.74 Å². The number of hydrogen-bond donors (Lipinski definition) is 2. The highest BCUT2D eigenvalue weighted by molar-refractivity contribution is 5.95. The van der Waals surface area contributed by atoms with Crippen molar-refractivity contribution in [1.82, 2.24) is 0 Å². The number of benzene rings is 1. The molecule has 1 amide bonds. The number of ether oxygens (including phenoxy) is 1. The standard InChI is InChI=1S/C14H17NO3/c16-9-14(4-1-5-14)7-10-2-3-12-11(6-10)15-13(17)8-18-12/h2-3,6,16H,1,4-5,7-9H2,(H,15,17). The van der Waals surface area contributed by atoms with Gasteiger partial charge in [0, 0.05) is 6.61 Å². The number of aliphatic hydroxyl groups is 1. The number of anilines is 1. The Morgan fingerprint density at radius 2 is 2.22 bits per heavy atom. The van der Waals surface area contributed by atoms with Crippen LogP contribution in [0.4, 0.5) is 5.69 Å². The molecule has 0 aromatic heterocycles. The van der Waals surface area contributed by atoms with Crippen molar-refractivity contribution in [3.63, 3.8) is 0 Å². The van der Waals surface area contributed by atoms with Crippen molar-refractivity contribution in [3.8, 4) is 5.75 Å². The Labute approximate surface area is 106 Å². The summed E-state index contributed by atoms with van der Waals surface area (Å²) in [6.45, 7) is 0.333. The molecule has 2 N–H and O–H groups in total. The lowest BCUT2D eigenvalue weighted by molar-refractivity contribution is -0.118. The zero-order valence-electron chi connectivity index (χ0n) is 10.2. The molecule has 3 rings (SSSR count). The van der Waals surface area contributed by atoms with Crippen LogP contribution in [0.5, 0.6) is 5.75 Å². The highest BCUT2D eigenvalue weighted by Gasteiger charge is 2.36. The van der Waals surface area contributed by atoms with Gasteiger partial charge in [0.05, 0.1) is 5.69 Å².